The van der Waals surface area contributed by atoms with Crippen molar-refractivity contribution in [3.63, 3.8) is 0 Å². The minimum Gasteiger partial charge on any atom is -0.456 e. The zero-order chi connectivity index (χ0) is 13.9. The Bertz CT molecular complexity index is 632. The second kappa shape index (κ2) is 4.98. The zero-order valence-electron chi connectivity index (χ0n) is 9.48. The summed E-state index contributed by atoms with van der Waals surface area (Å²) in [6, 6.07) is 10.3. The van der Waals surface area contributed by atoms with Crippen LogP contribution in [0.25, 0.3) is 0 Å². The number of halogens is 3. The molecule has 0 radical (unpaired) electrons. The van der Waals surface area contributed by atoms with Crippen LogP contribution in [0.4, 0.5) is 13.2 Å². The van der Waals surface area contributed by atoms with Gasteiger partial charge < -0.3 is 4.74 Å². The van der Waals surface area contributed by atoms with E-state index in [1.807, 2.05) is 6.07 Å². The first kappa shape index (κ1) is 12.9. The molecule has 0 N–H and O–H groups in total. The van der Waals surface area contributed by atoms with Crippen molar-refractivity contribution in [1.82, 2.24) is 4.98 Å². The molecule has 1 heterocycles. The van der Waals surface area contributed by atoms with Crippen LogP contribution in [-0.4, -0.2) is 4.98 Å². The summed E-state index contributed by atoms with van der Waals surface area (Å²) in [6.45, 7) is 0. The lowest BCUT2D eigenvalue weighted by Crippen LogP contribution is -2.07. The van der Waals surface area contributed by atoms with E-state index in [9.17, 15) is 13.2 Å². The number of hydrogen-bond donors (Lipinski definition) is 0. The van der Waals surface area contributed by atoms with Gasteiger partial charge in [0.15, 0.2) is 0 Å². The van der Waals surface area contributed by atoms with Crippen molar-refractivity contribution < 1.29 is 17.9 Å². The molecule has 0 spiro atoms. The topological polar surface area (TPSA) is 45.9 Å². The molecular formula is C13H7F3N2O. The molecule has 0 saturated carbocycles. The van der Waals surface area contributed by atoms with Crippen LogP contribution in [0.5, 0.6) is 11.5 Å². The normalized spacial score (nSPS) is 10.8. The van der Waals surface area contributed by atoms with Crippen LogP contribution in [0, 0.1) is 11.3 Å². The third-order valence-electron chi connectivity index (χ3n) is 2.26. The van der Waals surface area contributed by atoms with E-state index in [1.54, 1.807) is 12.1 Å². The van der Waals surface area contributed by atoms with Crippen molar-refractivity contribution in [3.8, 4) is 17.6 Å². The lowest BCUT2D eigenvalue weighted by molar-refractivity contribution is -0.141. The number of alkyl halides is 3. The molecule has 0 fully saturated rings. The fourth-order valence-corrected chi connectivity index (χ4v) is 1.40. The molecule has 96 valence electrons. The van der Waals surface area contributed by atoms with Crippen LogP contribution in [0.3, 0.4) is 0 Å². The largest absolute Gasteiger partial charge is 0.456 e. The molecule has 2 aromatic rings. The van der Waals surface area contributed by atoms with E-state index >= 15 is 0 Å². The van der Waals surface area contributed by atoms with Crippen molar-refractivity contribution in [1.29, 1.82) is 5.26 Å². The van der Waals surface area contributed by atoms with Crippen molar-refractivity contribution in [3.05, 3.63) is 53.9 Å². The second-order valence-electron chi connectivity index (χ2n) is 3.58. The number of nitrogens with zero attached hydrogens (tertiary/aromatic N) is 2. The fraction of sp³-hybridized carbons (Fsp3) is 0.0769. The maximum Gasteiger partial charge on any atom is 0.433 e. The molecule has 2 rings (SSSR count). The van der Waals surface area contributed by atoms with E-state index in [0.29, 0.717) is 0 Å². The second-order valence-corrected chi connectivity index (χ2v) is 3.58. The van der Waals surface area contributed by atoms with Crippen LogP contribution in [0.15, 0.2) is 42.6 Å². The molecule has 0 atom stereocenters. The summed E-state index contributed by atoms with van der Waals surface area (Å²) in [6.07, 6.45) is -3.53. The van der Waals surface area contributed by atoms with Crippen LogP contribution >= 0.6 is 0 Å². The molecule has 0 aliphatic rings. The molecule has 3 nitrogen and oxygen atoms in total. The van der Waals surface area contributed by atoms with Gasteiger partial charge in [0.05, 0.1) is 5.56 Å². The quantitative estimate of drug-likeness (QED) is 0.829. The van der Waals surface area contributed by atoms with Gasteiger partial charge in [-0.05, 0) is 18.2 Å². The van der Waals surface area contributed by atoms with Gasteiger partial charge in [-0.1, -0.05) is 12.1 Å². The summed E-state index contributed by atoms with van der Waals surface area (Å²) in [5.74, 6) is 0.175. The first-order valence-corrected chi connectivity index (χ1v) is 5.21. The summed E-state index contributed by atoms with van der Waals surface area (Å²) in [5.41, 5.74) is -0.799. The number of ether oxygens (including phenoxy) is 1. The maximum atomic E-state index is 12.5. The number of hydrogen-bond acceptors (Lipinski definition) is 3. The Labute approximate surface area is 106 Å². The Morgan fingerprint density at radius 3 is 2.58 bits per heavy atom. The first-order valence-electron chi connectivity index (χ1n) is 5.21. The van der Waals surface area contributed by atoms with Crippen LogP contribution in [0.2, 0.25) is 0 Å². The van der Waals surface area contributed by atoms with E-state index in [4.69, 9.17) is 10.00 Å². The Hall–Kier alpha value is -2.55. The molecule has 0 unspecified atom stereocenters. The van der Waals surface area contributed by atoms with Crippen LogP contribution < -0.4 is 4.74 Å². The van der Waals surface area contributed by atoms with Crippen molar-refractivity contribution >= 4 is 0 Å². The summed E-state index contributed by atoms with van der Waals surface area (Å²) < 4.78 is 42.7. The molecule has 1 aromatic heterocycles. The SMILES string of the molecule is N#Cc1ccccc1Oc1ccnc(C(F)(F)F)c1. The highest BCUT2D eigenvalue weighted by Gasteiger charge is 2.32. The molecule has 19 heavy (non-hydrogen) atoms. The average molecular weight is 264 g/mol. The predicted molar refractivity (Wildman–Crippen MR) is 60.5 cm³/mol. The van der Waals surface area contributed by atoms with Gasteiger partial charge >= 0.3 is 6.18 Å². The van der Waals surface area contributed by atoms with Gasteiger partial charge in [0.1, 0.15) is 23.3 Å². The van der Waals surface area contributed by atoms with Crippen molar-refractivity contribution in [2.45, 2.75) is 6.18 Å². The molecule has 0 bridgehead atoms. The van der Waals surface area contributed by atoms with Crippen molar-refractivity contribution in [2.75, 3.05) is 0 Å². The molecule has 0 aliphatic carbocycles. The summed E-state index contributed by atoms with van der Waals surface area (Å²) in [5, 5.41) is 8.86. The van der Waals surface area contributed by atoms with E-state index in [-0.39, 0.29) is 17.1 Å². The highest BCUT2D eigenvalue weighted by molar-refractivity contribution is 5.45. The van der Waals surface area contributed by atoms with E-state index in [2.05, 4.69) is 4.98 Å². The number of benzene rings is 1. The number of rotatable bonds is 2. The minimum absolute atomic E-state index is 0.0231. The maximum absolute atomic E-state index is 12.5. The zero-order valence-corrected chi connectivity index (χ0v) is 9.48. The highest BCUT2D eigenvalue weighted by atomic mass is 19.4. The number of nitriles is 1. The third kappa shape index (κ3) is 3.01. The Kier molecular flexibility index (Phi) is 3.38. The van der Waals surface area contributed by atoms with Gasteiger partial charge in [-0.3, -0.25) is 4.98 Å². The Balaban J connectivity index is 2.32. The summed E-state index contributed by atoms with van der Waals surface area (Å²) in [7, 11) is 0. The third-order valence-corrected chi connectivity index (χ3v) is 2.26. The summed E-state index contributed by atoms with van der Waals surface area (Å²) >= 11 is 0. The average Bonchev–Trinajstić information content (AvgIpc) is 2.39. The van der Waals surface area contributed by atoms with E-state index in [1.165, 1.54) is 18.2 Å². The monoisotopic (exact) mass is 264 g/mol. The molecule has 0 aliphatic heterocycles. The minimum atomic E-state index is -4.53. The van der Waals surface area contributed by atoms with Gasteiger partial charge in [-0.25, -0.2) is 0 Å². The van der Waals surface area contributed by atoms with Gasteiger partial charge in [-0.2, -0.15) is 18.4 Å². The molecule has 1 aromatic carbocycles. The standard InChI is InChI=1S/C13H7F3N2O/c14-13(15,16)12-7-10(5-6-18-12)19-11-4-2-1-3-9(11)8-17/h1-7H. The number of pyridine rings is 1. The molecule has 0 amide bonds. The molecule has 0 saturated heterocycles. The lowest BCUT2D eigenvalue weighted by Gasteiger charge is -2.09. The lowest BCUT2D eigenvalue weighted by atomic mass is 10.2. The van der Waals surface area contributed by atoms with Gasteiger partial charge in [0.25, 0.3) is 0 Å². The first-order chi connectivity index (χ1) is 9.00. The van der Waals surface area contributed by atoms with Gasteiger partial charge in [0, 0.05) is 12.3 Å². The van der Waals surface area contributed by atoms with Gasteiger partial charge in [-0.15, -0.1) is 0 Å². The fourth-order valence-electron chi connectivity index (χ4n) is 1.40. The Morgan fingerprint density at radius 1 is 1.16 bits per heavy atom. The number of para-hydroxylation sites is 1. The van der Waals surface area contributed by atoms with Crippen LogP contribution in [-0.2, 0) is 6.18 Å². The van der Waals surface area contributed by atoms with Crippen molar-refractivity contribution in [2.24, 2.45) is 0 Å². The smallest absolute Gasteiger partial charge is 0.433 e. The molecule has 6 heteroatoms. The highest BCUT2D eigenvalue weighted by Crippen LogP contribution is 2.31. The number of aromatic nitrogens is 1. The van der Waals surface area contributed by atoms with Gasteiger partial charge in [0.2, 0.25) is 0 Å². The Morgan fingerprint density at radius 2 is 1.89 bits per heavy atom. The van der Waals surface area contributed by atoms with Crippen LogP contribution in [0.1, 0.15) is 11.3 Å². The van der Waals surface area contributed by atoms with E-state index < -0.39 is 11.9 Å². The predicted octanol–water partition coefficient (Wildman–Crippen LogP) is 3.76. The van der Waals surface area contributed by atoms with E-state index in [0.717, 1.165) is 12.3 Å². The molecular weight excluding hydrogens is 257 g/mol. The summed E-state index contributed by atoms with van der Waals surface area (Å²) in [4.78, 5) is 3.22.